The number of nitrogens with zero attached hydrogens (tertiary/aromatic N) is 4. The summed E-state index contributed by atoms with van der Waals surface area (Å²) in [5, 5.41) is 7.07. The molecule has 2 aromatic heterocycles. The van der Waals surface area contributed by atoms with Crippen LogP contribution in [0.3, 0.4) is 0 Å². The van der Waals surface area contributed by atoms with Gasteiger partial charge in [0.2, 0.25) is 5.82 Å². The molecule has 0 saturated heterocycles. The Morgan fingerprint density at radius 3 is 2.58 bits per heavy atom. The number of hydrogen-bond donors (Lipinski definition) is 1. The quantitative estimate of drug-likeness (QED) is 0.797. The van der Waals surface area contributed by atoms with Crippen molar-refractivity contribution in [2.24, 2.45) is 0 Å². The molecule has 2 heterocycles. The number of anilines is 1. The van der Waals surface area contributed by atoms with Gasteiger partial charge < -0.3 is 5.32 Å². The van der Waals surface area contributed by atoms with Gasteiger partial charge in [-0.25, -0.2) is 9.50 Å². The molecule has 0 radical (unpaired) electrons. The molecule has 6 nitrogen and oxygen atoms in total. The number of carbonyl (C=O) groups excluding carboxylic acids is 1. The maximum Gasteiger partial charge on any atom is 0.295 e. The summed E-state index contributed by atoms with van der Waals surface area (Å²) in [6, 6.07) is 9.79. The molecule has 1 amide bonds. The highest BCUT2D eigenvalue weighted by Crippen LogP contribution is 2.20. The Labute approximate surface area is 141 Å². The predicted molar refractivity (Wildman–Crippen MR) is 93.4 cm³/mol. The van der Waals surface area contributed by atoms with Crippen molar-refractivity contribution in [3.63, 3.8) is 0 Å². The van der Waals surface area contributed by atoms with Crippen LogP contribution in [0.15, 0.2) is 30.3 Å². The molecule has 0 spiro atoms. The third-order valence-electron chi connectivity index (χ3n) is 4.17. The van der Waals surface area contributed by atoms with Crippen LogP contribution in [-0.2, 0) is 0 Å². The van der Waals surface area contributed by atoms with E-state index in [9.17, 15) is 4.79 Å². The number of carbonyl (C=O) groups is 1. The molecule has 0 aliphatic carbocycles. The fourth-order valence-corrected chi connectivity index (χ4v) is 2.58. The van der Waals surface area contributed by atoms with Gasteiger partial charge in [-0.05, 0) is 49.9 Å². The van der Waals surface area contributed by atoms with Gasteiger partial charge in [0.05, 0.1) is 0 Å². The van der Waals surface area contributed by atoms with Crippen molar-refractivity contribution in [2.75, 3.05) is 5.32 Å². The van der Waals surface area contributed by atoms with Crippen LogP contribution in [0.1, 0.15) is 53.8 Å². The molecule has 0 bridgehead atoms. The third kappa shape index (κ3) is 3.13. The van der Waals surface area contributed by atoms with E-state index in [1.54, 1.807) is 4.52 Å². The second-order valence-corrected chi connectivity index (χ2v) is 6.07. The van der Waals surface area contributed by atoms with Crippen molar-refractivity contribution < 1.29 is 4.79 Å². The van der Waals surface area contributed by atoms with Crippen molar-refractivity contribution in [1.29, 1.82) is 0 Å². The highest BCUT2D eigenvalue weighted by molar-refractivity contribution is 6.01. The van der Waals surface area contributed by atoms with E-state index in [0.717, 1.165) is 23.5 Å². The molecule has 0 saturated carbocycles. The number of nitrogens with one attached hydrogen (secondary N) is 1. The number of amides is 1. The number of rotatable bonds is 4. The molecule has 0 aliphatic rings. The highest BCUT2D eigenvalue weighted by Gasteiger charge is 2.15. The SMILES string of the molecule is CC[C@H](C)c1ccc(NC(=O)c2nc3nc(C)cc(C)n3n2)cc1. The predicted octanol–water partition coefficient (Wildman–Crippen LogP) is 3.51. The van der Waals surface area contributed by atoms with Gasteiger partial charge in [0, 0.05) is 17.1 Å². The standard InChI is InChI=1S/C18H21N5O/c1-5-11(2)14-6-8-15(9-7-14)20-17(24)16-21-18-19-12(3)10-13(4)23(18)22-16/h6-11H,5H2,1-4H3,(H,20,24)/t11-/m0/s1. The number of aromatic nitrogens is 4. The van der Waals surface area contributed by atoms with Gasteiger partial charge in [-0.2, -0.15) is 4.98 Å². The average molecular weight is 323 g/mol. The minimum absolute atomic E-state index is 0.113. The zero-order chi connectivity index (χ0) is 17.3. The van der Waals surface area contributed by atoms with E-state index in [4.69, 9.17) is 0 Å². The first-order valence-corrected chi connectivity index (χ1v) is 8.10. The zero-order valence-corrected chi connectivity index (χ0v) is 14.4. The molecule has 1 atom stereocenters. The summed E-state index contributed by atoms with van der Waals surface area (Å²) in [5.41, 5.74) is 3.73. The zero-order valence-electron chi connectivity index (χ0n) is 14.4. The molecule has 1 N–H and O–H groups in total. The Hall–Kier alpha value is -2.76. The first-order valence-electron chi connectivity index (χ1n) is 8.10. The molecular formula is C18H21N5O. The molecule has 3 aromatic rings. The average Bonchev–Trinajstić information content (AvgIpc) is 2.99. The number of benzene rings is 1. The maximum atomic E-state index is 12.4. The lowest BCUT2D eigenvalue weighted by molar-refractivity contribution is 0.101. The van der Waals surface area contributed by atoms with Gasteiger partial charge >= 0.3 is 0 Å². The molecule has 0 aliphatic heterocycles. The number of aryl methyl sites for hydroxylation is 2. The Morgan fingerprint density at radius 2 is 1.92 bits per heavy atom. The van der Waals surface area contributed by atoms with Crippen LogP contribution >= 0.6 is 0 Å². The Morgan fingerprint density at radius 1 is 1.21 bits per heavy atom. The van der Waals surface area contributed by atoms with Crippen molar-refractivity contribution in [3.05, 3.63) is 53.1 Å². The highest BCUT2D eigenvalue weighted by atomic mass is 16.2. The minimum Gasteiger partial charge on any atom is -0.319 e. The van der Waals surface area contributed by atoms with Crippen LogP contribution in [-0.4, -0.2) is 25.5 Å². The van der Waals surface area contributed by atoms with Gasteiger partial charge in [0.1, 0.15) is 0 Å². The van der Waals surface area contributed by atoms with Gasteiger partial charge in [-0.1, -0.05) is 26.0 Å². The fraction of sp³-hybridized carbons (Fsp3) is 0.333. The van der Waals surface area contributed by atoms with Gasteiger partial charge in [-0.15, -0.1) is 5.10 Å². The Balaban J connectivity index is 1.81. The van der Waals surface area contributed by atoms with Gasteiger partial charge in [0.25, 0.3) is 11.7 Å². The van der Waals surface area contributed by atoms with Crippen LogP contribution < -0.4 is 5.32 Å². The normalized spacial score (nSPS) is 12.3. The lowest BCUT2D eigenvalue weighted by Gasteiger charge is -2.09. The van der Waals surface area contributed by atoms with Gasteiger partial charge in [-0.3, -0.25) is 4.79 Å². The van der Waals surface area contributed by atoms with Crippen LogP contribution in [0, 0.1) is 13.8 Å². The molecule has 3 rings (SSSR count). The fourth-order valence-electron chi connectivity index (χ4n) is 2.58. The minimum atomic E-state index is -0.339. The van der Waals surface area contributed by atoms with E-state index in [-0.39, 0.29) is 11.7 Å². The summed E-state index contributed by atoms with van der Waals surface area (Å²) in [6.07, 6.45) is 1.09. The van der Waals surface area contributed by atoms with E-state index in [0.29, 0.717) is 11.7 Å². The molecule has 0 unspecified atom stereocenters. The number of hydrogen-bond acceptors (Lipinski definition) is 4. The number of fused-ring (bicyclic) bond motifs is 1. The molecule has 0 fully saturated rings. The summed E-state index contributed by atoms with van der Waals surface area (Å²) in [6.45, 7) is 8.14. The van der Waals surface area contributed by atoms with Crippen LogP contribution in [0.4, 0.5) is 5.69 Å². The first-order chi connectivity index (χ1) is 11.5. The second kappa shape index (κ2) is 6.39. The van der Waals surface area contributed by atoms with Crippen molar-refractivity contribution in [1.82, 2.24) is 19.6 Å². The molecule has 1 aromatic carbocycles. The topological polar surface area (TPSA) is 72.2 Å². The summed E-state index contributed by atoms with van der Waals surface area (Å²) >= 11 is 0. The lowest BCUT2D eigenvalue weighted by Crippen LogP contribution is -2.14. The second-order valence-electron chi connectivity index (χ2n) is 6.07. The molecule has 124 valence electrons. The van der Waals surface area contributed by atoms with E-state index < -0.39 is 0 Å². The van der Waals surface area contributed by atoms with Crippen LogP contribution in [0.2, 0.25) is 0 Å². The van der Waals surface area contributed by atoms with Gasteiger partial charge in [0.15, 0.2) is 0 Å². The molecule has 24 heavy (non-hydrogen) atoms. The van der Waals surface area contributed by atoms with Crippen LogP contribution in [0.25, 0.3) is 5.78 Å². The molecular weight excluding hydrogens is 302 g/mol. The smallest absolute Gasteiger partial charge is 0.295 e. The summed E-state index contributed by atoms with van der Waals surface area (Å²) in [5.74, 6) is 0.716. The van der Waals surface area contributed by atoms with Crippen molar-refractivity contribution in [3.8, 4) is 0 Å². The summed E-state index contributed by atoms with van der Waals surface area (Å²) < 4.78 is 1.58. The van der Waals surface area contributed by atoms with Crippen molar-refractivity contribution in [2.45, 2.75) is 40.0 Å². The van der Waals surface area contributed by atoms with Crippen LogP contribution in [0.5, 0.6) is 0 Å². The third-order valence-corrected chi connectivity index (χ3v) is 4.17. The van der Waals surface area contributed by atoms with Crippen molar-refractivity contribution >= 4 is 17.4 Å². The van der Waals surface area contributed by atoms with E-state index in [1.165, 1.54) is 5.56 Å². The van der Waals surface area contributed by atoms with E-state index >= 15 is 0 Å². The maximum absolute atomic E-state index is 12.4. The summed E-state index contributed by atoms with van der Waals surface area (Å²) in [4.78, 5) is 20.9. The first kappa shape index (κ1) is 16.1. The van der Waals surface area contributed by atoms with E-state index in [1.807, 2.05) is 44.2 Å². The lowest BCUT2D eigenvalue weighted by atomic mass is 9.99. The Bertz CT molecular complexity index is 882. The van der Waals surface area contributed by atoms with E-state index in [2.05, 4.69) is 34.2 Å². The largest absolute Gasteiger partial charge is 0.319 e. The summed E-state index contributed by atoms with van der Waals surface area (Å²) in [7, 11) is 0. The monoisotopic (exact) mass is 323 g/mol. The Kier molecular flexibility index (Phi) is 4.29. The molecule has 6 heteroatoms.